The van der Waals surface area contributed by atoms with E-state index < -0.39 is 12.2 Å². The molecule has 1 atom stereocenters. The molecular formula is C78H87N3O9. The van der Waals surface area contributed by atoms with Crippen molar-refractivity contribution in [1.82, 2.24) is 15.5 Å². The van der Waals surface area contributed by atoms with Gasteiger partial charge >= 0.3 is 18.3 Å². The molecule has 0 fully saturated rings. The maximum Gasteiger partial charge on any atom is 0.414 e. The standard InChI is InChI=1S/C30H37NO3.2C24H25NO3/c32-30(34-29-23-21-28(22-24-29)33-27-19-13-9-14-20-27)31-25-15-7-5-3-1-2-4-6-10-16-26-17-11-8-12-18-26;1-25(19-9-8-12-20-10-4-2-5-11-20)24(26)28-23-17-15-22(16-18-23)27-21-13-6-3-7-14-21;1-19(9-8-12-20-10-4-2-5-11-20)25-24(26)28-23-17-15-22(16-18-23)27-21-13-6-3-7-14-21/h8-9,11-14,17-24H,1-7,10,15-16,25H2,(H,31,32);2-7,10-11,13-18H,8-9,12,19H2,1H3;2-7,10-11,13-19H,8-9,12H2,1H3,(H,25,26). The van der Waals surface area contributed by atoms with E-state index in [1.807, 2.05) is 122 Å². The van der Waals surface area contributed by atoms with Crippen LogP contribution in [0, 0.1) is 0 Å². The first-order chi connectivity index (χ1) is 44.2. The molecule has 0 saturated heterocycles. The van der Waals surface area contributed by atoms with E-state index in [-0.39, 0.29) is 12.1 Å². The number of aryl methyl sites for hydroxylation is 3. The molecule has 0 aliphatic carbocycles. The van der Waals surface area contributed by atoms with Crippen LogP contribution >= 0.6 is 0 Å². The van der Waals surface area contributed by atoms with Crippen LogP contribution in [-0.4, -0.2) is 49.4 Å². The average molecular weight is 1210 g/mol. The summed E-state index contributed by atoms with van der Waals surface area (Å²) in [5.74, 6) is 5.87. The number of carbonyl (C=O) groups is 3. The number of hydrogen-bond donors (Lipinski definition) is 2. The molecule has 0 aliphatic heterocycles. The Balaban J connectivity index is 0.000000193. The summed E-state index contributed by atoms with van der Waals surface area (Å²) in [5.41, 5.74) is 4.09. The van der Waals surface area contributed by atoms with Gasteiger partial charge in [-0.15, -0.1) is 0 Å². The van der Waals surface area contributed by atoms with Gasteiger partial charge < -0.3 is 44.0 Å². The Morgan fingerprint density at radius 2 is 0.633 bits per heavy atom. The van der Waals surface area contributed by atoms with Crippen molar-refractivity contribution in [2.24, 2.45) is 0 Å². The normalized spacial score (nSPS) is 10.8. The number of amides is 3. The monoisotopic (exact) mass is 1210 g/mol. The van der Waals surface area contributed by atoms with Crippen LogP contribution in [0.3, 0.4) is 0 Å². The van der Waals surface area contributed by atoms with E-state index in [1.165, 1.54) is 68.1 Å². The summed E-state index contributed by atoms with van der Waals surface area (Å²) in [5, 5.41) is 5.71. The van der Waals surface area contributed by atoms with Crippen LogP contribution in [-0.2, 0) is 19.3 Å². The second-order valence-corrected chi connectivity index (χ2v) is 21.9. The largest absolute Gasteiger partial charge is 0.457 e. The zero-order valence-electron chi connectivity index (χ0n) is 52.2. The van der Waals surface area contributed by atoms with Crippen molar-refractivity contribution in [3.8, 4) is 51.7 Å². The van der Waals surface area contributed by atoms with Crippen LogP contribution in [0.1, 0.15) is 107 Å². The van der Waals surface area contributed by atoms with Crippen molar-refractivity contribution < 1.29 is 42.8 Å². The number of ether oxygens (including phenoxy) is 6. The van der Waals surface area contributed by atoms with Gasteiger partial charge in [0.1, 0.15) is 51.7 Å². The summed E-state index contributed by atoms with van der Waals surface area (Å²) in [4.78, 5) is 37.9. The van der Waals surface area contributed by atoms with Crippen molar-refractivity contribution in [3.63, 3.8) is 0 Å². The molecule has 9 aromatic rings. The minimum atomic E-state index is -0.441. The van der Waals surface area contributed by atoms with Crippen LogP contribution in [0.5, 0.6) is 51.7 Å². The maximum atomic E-state index is 12.2. The minimum Gasteiger partial charge on any atom is -0.457 e. The van der Waals surface area contributed by atoms with Gasteiger partial charge in [0.2, 0.25) is 0 Å². The first kappa shape index (κ1) is 67.7. The van der Waals surface area contributed by atoms with E-state index in [9.17, 15) is 14.4 Å². The minimum absolute atomic E-state index is 0.0527. The number of hydrogen-bond acceptors (Lipinski definition) is 9. The van der Waals surface area contributed by atoms with Gasteiger partial charge in [-0.25, -0.2) is 14.4 Å². The quantitative estimate of drug-likeness (QED) is 0.0407. The molecule has 0 aromatic heterocycles. The Morgan fingerprint density at radius 1 is 0.333 bits per heavy atom. The first-order valence-electron chi connectivity index (χ1n) is 31.7. The van der Waals surface area contributed by atoms with E-state index >= 15 is 0 Å². The summed E-state index contributed by atoms with van der Waals surface area (Å²) in [6.45, 7) is 3.30. The molecule has 3 amide bonds. The zero-order chi connectivity index (χ0) is 62.9. The summed E-state index contributed by atoms with van der Waals surface area (Å²) in [6.07, 6.45) is 17.1. The van der Waals surface area contributed by atoms with Gasteiger partial charge in [0.15, 0.2) is 0 Å². The molecule has 1 unspecified atom stereocenters. The molecule has 0 aliphatic rings. The topological polar surface area (TPSA) is 134 Å². The predicted molar refractivity (Wildman–Crippen MR) is 361 cm³/mol. The lowest BCUT2D eigenvalue weighted by Crippen LogP contribution is -2.34. The van der Waals surface area contributed by atoms with Crippen molar-refractivity contribution >= 4 is 18.3 Å². The number of rotatable bonds is 31. The second kappa shape index (κ2) is 40.6. The molecule has 12 heteroatoms. The highest BCUT2D eigenvalue weighted by atomic mass is 16.6. The number of carbonyl (C=O) groups excluding carboxylic acids is 3. The molecule has 468 valence electrons. The molecule has 0 saturated carbocycles. The molecule has 0 bridgehead atoms. The van der Waals surface area contributed by atoms with Crippen LogP contribution in [0.4, 0.5) is 14.4 Å². The molecule has 0 heterocycles. The third-order valence-corrected chi connectivity index (χ3v) is 14.5. The van der Waals surface area contributed by atoms with E-state index in [0.29, 0.717) is 47.6 Å². The molecule has 0 radical (unpaired) electrons. The van der Waals surface area contributed by atoms with E-state index in [4.69, 9.17) is 28.4 Å². The van der Waals surface area contributed by atoms with Gasteiger partial charge in [-0.05, 0) is 191 Å². The molecule has 0 spiro atoms. The molecule has 9 rings (SSSR count). The zero-order valence-corrected chi connectivity index (χ0v) is 52.2. The summed E-state index contributed by atoms with van der Waals surface area (Å²) < 4.78 is 33.3. The molecule has 9 aromatic carbocycles. The predicted octanol–water partition coefficient (Wildman–Crippen LogP) is 20.2. The van der Waals surface area contributed by atoms with Crippen LogP contribution in [0.15, 0.2) is 255 Å². The second-order valence-electron chi connectivity index (χ2n) is 21.9. The number of para-hydroxylation sites is 3. The van der Waals surface area contributed by atoms with Crippen LogP contribution in [0.2, 0.25) is 0 Å². The van der Waals surface area contributed by atoms with E-state index in [0.717, 1.165) is 68.6 Å². The third-order valence-electron chi connectivity index (χ3n) is 14.5. The summed E-state index contributed by atoms with van der Waals surface area (Å²) >= 11 is 0. The van der Waals surface area contributed by atoms with Gasteiger partial charge in [0.05, 0.1) is 0 Å². The Kier molecular flexibility index (Phi) is 30.5. The van der Waals surface area contributed by atoms with Gasteiger partial charge in [0.25, 0.3) is 0 Å². The average Bonchev–Trinajstić information content (AvgIpc) is 3.45. The fourth-order valence-corrected chi connectivity index (χ4v) is 9.53. The SMILES string of the molecule is CC(CCCc1ccccc1)NC(=O)Oc1ccc(Oc2ccccc2)cc1.CN(CCCCc1ccccc1)C(=O)Oc1ccc(Oc2ccccc2)cc1.O=C(NCCCCCCCCCCCc1ccccc1)Oc1ccc(Oc2ccccc2)cc1. The Hall–Kier alpha value is -9.81. The smallest absolute Gasteiger partial charge is 0.414 e. The van der Waals surface area contributed by atoms with Gasteiger partial charge in [0, 0.05) is 26.2 Å². The number of benzene rings is 9. The fourth-order valence-electron chi connectivity index (χ4n) is 9.53. The van der Waals surface area contributed by atoms with Crippen molar-refractivity contribution in [2.75, 3.05) is 20.1 Å². The van der Waals surface area contributed by atoms with Crippen LogP contribution in [0.25, 0.3) is 0 Å². The van der Waals surface area contributed by atoms with Crippen molar-refractivity contribution in [2.45, 2.75) is 116 Å². The van der Waals surface area contributed by atoms with Gasteiger partial charge in [-0.1, -0.05) is 191 Å². The fraction of sp³-hybridized carbons (Fsp3) is 0.269. The van der Waals surface area contributed by atoms with Crippen molar-refractivity contribution in [3.05, 3.63) is 271 Å². The first-order valence-corrected chi connectivity index (χ1v) is 31.7. The molecule has 2 N–H and O–H groups in total. The summed E-state index contributed by atoms with van der Waals surface area (Å²) in [7, 11) is 1.76. The lowest BCUT2D eigenvalue weighted by molar-refractivity contribution is 0.162. The highest BCUT2D eigenvalue weighted by Gasteiger charge is 2.13. The molecule has 90 heavy (non-hydrogen) atoms. The third kappa shape index (κ3) is 28.4. The number of unbranched alkanes of at least 4 members (excludes halogenated alkanes) is 9. The molecular weight excluding hydrogens is 1120 g/mol. The van der Waals surface area contributed by atoms with Crippen molar-refractivity contribution in [1.29, 1.82) is 0 Å². The van der Waals surface area contributed by atoms with E-state index in [1.54, 1.807) is 84.7 Å². The maximum absolute atomic E-state index is 12.2. The highest BCUT2D eigenvalue weighted by Crippen LogP contribution is 2.27. The van der Waals surface area contributed by atoms with E-state index in [2.05, 4.69) is 77.4 Å². The van der Waals surface area contributed by atoms with Gasteiger partial charge in [-0.2, -0.15) is 0 Å². The lowest BCUT2D eigenvalue weighted by atomic mass is 10.0. The lowest BCUT2D eigenvalue weighted by Gasteiger charge is -2.17. The summed E-state index contributed by atoms with van der Waals surface area (Å²) in [6, 6.07) is 81.3. The number of nitrogens with zero attached hydrogens (tertiary/aromatic N) is 1. The highest BCUT2D eigenvalue weighted by molar-refractivity contribution is 5.71. The Morgan fingerprint density at radius 3 is 1.03 bits per heavy atom. The van der Waals surface area contributed by atoms with Crippen LogP contribution < -0.4 is 39.1 Å². The Bertz CT molecular complexity index is 3340. The van der Waals surface area contributed by atoms with Gasteiger partial charge in [-0.3, -0.25) is 0 Å². The Labute approximate surface area is 533 Å². The number of nitrogens with one attached hydrogen (secondary N) is 2. The molecule has 12 nitrogen and oxygen atoms in total.